The zero-order valence-corrected chi connectivity index (χ0v) is 16.0. The van der Waals surface area contributed by atoms with Gasteiger partial charge in [-0.3, -0.25) is 4.79 Å². The Hall–Kier alpha value is -2.04. The monoisotopic (exact) mass is 418 g/mol. The van der Waals surface area contributed by atoms with E-state index in [1.807, 2.05) is 0 Å². The number of sulfonamides is 1. The van der Waals surface area contributed by atoms with E-state index in [1.165, 1.54) is 24.3 Å². The number of anilines is 1. The molecule has 0 aliphatic carbocycles. The third-order valence-electron chi connectivity index (χ3n) is 3.23. The normalized spacial score (nSPS) is 11.8. The standard InChI is InChI=1S/C17H17F3N2O3S2/c1-10(2)22-27(24,25)11-7-8-13(18)12(9-11)16(23)21-14-5-3-4-6-15(14)26-17(19)20/h3-10,17,22H,1-2H3,(H,21,23). The molecule has 0 atom stereocenters. The molecule has 0 radical (unpaired) electrons. The van der Waals surface area contributed by atoms with Gasteiger partial charge in [-0.1, -0.05) is 23.9 Å². The molecule has 1 amide bonds. The third kappa shape index (κ3) is 5.72. The molecule has 5 nitrogen and oxygen atoms in total. The molecular formula is C17H17F3N2O3S2. The van der Waals surface area contributed by atoms with Crippen molar-refractivity contribution in [2.75, 3.05) is 5.32 Å². The average Bonchev–Trinajstić information content (AvgIpc) is 2.55. The maximum Gasteiger partial charge on any atom is 0.288 e. The number of para-hydroxylation sites is 1. The molecule has 27 heavy (non-hydrogen) atoms. The molecule has 0 saturated heterocycles. The summed E-state index contributed by atoms with van der Waals surface area (Å²) in [5.41, 5.74) is -0.445. The number of hydrogen-bond donors (Lipinski definition) is 2. The van der Waals surface area contributed by atoms with E-state index < -0.39 is 39.1 Å². The number of amides is 1. The highest BCUT2D eigenvalue weighted by Crippen LogP contribution is 2.32. The summed E-state index contributed by atoms with van der Waals surface area (Å²) >= 11 is 0.233. The quantitative estimate of drug-likeness (QED) is 0.665. The fourth-order valence-corrected chi connectivity index (χ4v) is 4.05. The van der Waals surface area contributed by atoms with Crippen molar-refractivity contribution in [1.82, 2.24) is 4.72 Å². The first kappa shape index (κ1) is 21.3. The molecule has 0 saturated carbocycles. The molecule has 0 heterocycles. The lowest BCUT2D eigenvalue weighted by atomic mass is 10.2. The van der Waals surface area contributed by atoms with Crippen LogP contribution < -0.4 is 10.0 Å². The Bertz CT molecular complexity index is 935. The van der Waals surface area contributed by atoms with Crippen LogP contribution in [0.15, 0.2) is 52.3 Å². The lowest BCUT2D eigenvalue weighted by molar-refractivity contribution is 0.102. The van der Waals surface area contributed by atoms with E-state index >= 15 is 0 Å². The van der Waals surface area contributed by atoms with Crippen molar-refractivity contribution in [2.45, 2.75) is 35.4 Å². The topological polar surface area (TPSA) is 75.3 Å². The van der Waals surface area contributed by atoms with Gasteiger partial charge in [-0.15, -0.1) is 0 Å². The number of hydrogen-bond acceptors (Lipinski definition) is 4. The van der Waals surface area contributed by atoms with E-state index in [0.29, 0.717) is 0 Å². The number of carbonyl (C=O) groups is 1. The van der Waals surface area contributed by atoms with E-state index in [0.717, 1.165) is 18.2 Å². The van der Waals surface area contributed by atoms with Crippen LogP contribution in [0.25, 0.3) is 0 Å². The Morgan fingerprint density at radius 1 is 1.11 bits per heavy atom. The Morgan fingerprint density at radius 2 is 1.78 bits per heavy atom. The highest BCUT2D eigenvalue weighted by Gasteiger charge is 2.21. The Morgan fingerprint density at radius 3 is 2.41 bits per heavy atom. The van der Waals surface area contributed by atoms with E-state index in [9.17, 15) is 26.4 Å². The molecule has 2 N–H and O–H groups in total. The van der Waals surface area contributed by atoms with Crippen LogP contribution in [0.5, 0.6) is 0 Å². The smallest absolute Gasteiger partial charge is 0.288 e. The molecule has 0 aliphatic rings. The maximum absolute atomic E-state index is 14.1. The van der Waals surface area contributed by atoms with Gasteiger partial charge < -0.3 is 5.32 Å². The largest absolute Gasteiger partial charge is 0.321 e. The lowest BCUT2D eigenvalue weighted by Crippen LogP contribution is -2.30. The number of nitrogens with one attached hydrogen (secondary N) is 2. The molecule has 2 aromatic carbocycles. The van der Waals surface area contributed by atoms with E-state index in [4.69, 9.17) is 0 Å². The Kier molecular flexibility index (Phi) is 6.90. The molecular weight excluding hydrogens is 401 g/mol. The van der Waals surface area contributed by atoms with Gasteiger partial charge in [0.1, 0.15) is 5.82 Å². The minimum atomic E-state index is -3.93. The molecule has 0 unspecified atom stereocenters. The van der Waals surface area contributed by atoms with Gasteiger partial charge in [0.2, 0.25) is 10.0 Å². The number of carbonyl (C=O) groups excluding carboxylic acids is 1. The molecule has 2 aromatic rings. The summed E-state index contributed by atoms with van der Waals surface area (Å²) < 4.78 is 66.1. The minimum absolute atomic E-state index is 0.0702. The van der Waals surface area contributed by atoms with Crippen molar-refractivity contribution in [3.05, 3.63) is 53.8 Å². The highest BCUT2D eigenvalue weighted by molar-refractivity contribution is 7.99. The first-order chi connectivity index (χ1) is 12.6. The molecule has 0 fully saturated rings. The van der Waals surface area contributed by atoms with Crippen LogP contribution >= 0.6 is 11.8 Å². The summed E-state index contributed by atoms with van der Waals surface area (Å²) in [6.45, 7) is 3.23. The van der Waals surface area contributed by atoms with Gasteiger partial charge in [-0.2, -0.15) is 8.78 Å². The van der Waals surface area contributed by atoms with Crippen LogP contribution in [0.2, 0.25) is 0 Å². The molecule has 0 spiro atoms. The van der Waals surface area contributed by atoms with Crippen LogP contribution in [-0.4, -0.2) is 26.1 Å². The third-order valence-corrected chi connectivity index (χ3v) is 5.68. The van der Waals surface area contributed by atoms with Gasteiger partial charge in [-0.25, -0.2) is 17.5 Å². The van der Waals surface area contributed by atoms with E-state index in [-0.39, 0.29) is 27.2 Å². The summed E-state index contributed by atoms with van der Waals surface area (Å²) in [6, 6.07) is 8.23. The number of thioether (sulfide) groups is 1. The zero-order valence-electron chi connectivity index (χ0n) is 14.4. The molecule has 0 aliphatic heterocycles. The van der Waals surface area contributed by atoms with Crippen LogP contribution in [0, 0.1) is 5.82 Å². The Labute approximate surface area is 159 Å². The molecule has 146 valence electrons. The van der Waals surface area contributed by atoms with Gasteiger partial charge in [0, 0.05) is 10.9 Å². The van der Waals surface area contributed by atoms with Crippen LogP contribution in [0.1, 0.15) is 24.2 Å². The zero-order chi connectivity index (χ0) is 20.2. The number of halogens is 3. The fraction of sp³-hybridized carbons (Fsp3) is 0.235. The van der Waals surface area contributed by atoms with Gasteiger partial charge in [0.25, 0.3) is 11.7 Å². The summed E-state index contributed by atoms with van der Waals surface area (Å²) in [6.07, 6.45) is 0. The van der Waals surface area contributed by atoms with Gasteiger partial charge in [0.15, 0.2) is 0 Å². The van der Waals surface area contributed by atoms with Gasteiger partial charge in [0.05, 0.1) is 16.1 Å². The number of rotatable bonds is 7. The second-order valence-corrected chi connectivity index (χ2v) is 8.49. The second-order valence-electron chi connectivity index (χ2n) is 5.75. The summed E-state index contributed by atoms with van der Waals surface area (Å²) in [7, 11) is -3.93. The summed E-state index contributed by atoms with van der Waals surface area (Å²) in [4.78, 5) is 12.2. The SMILES string of the molecule is CC(C)NS(=O)(=O)c1ccc(F)c(C(=O)Nc2ccccc2SC(F)F)c1. The summed E-state index contributed by atoms with van der Waals surface area (Å²) in [5.74, 6) is -4.58. The lowest BCUT2D eigenvalue weighted by Gasteiger charge is -2.13. The van der Waals surface area contributed by atoms with E-state index in [2.05, 4.69) is 10.0 Å². The average molecular weight is 418 g/mol. The van der Waals surface area contributed by atoms with Crippen molar-refractivity contribution >= 4 is 33.4 Å². The Balaban J connectivity index is 2.34. The second kappa shape index (κ2) is 8.77. The molecule has 0 aromatic heterocycles. The minimum Gasteiger partial charge on any atom is -0.321 e. The predicted octanol–water partition coefficient (Wildman–Crippen LogP) is 4.08. The number of alkyl halides is 2. The fourth-order valence-electron chi connectivity index (χ4n) is 2.18. The molecule has 2 rings (SSSR count). The van der Waals surface area contributed by atoms with Crippen molar-refractivity contribution in [3.63, 3.8) is 0 Å². The predicted molar refractivity (Wildman–Crippen MR) is 98.1 cm³/mol. The van der Waals surface area contributed by atoms with Crippen LogP contribution in [-0.2, 0) is 10.0 Å². The first-order valence-corrected chi connectivity index (χ1v) is 10.1. The van der Waals surface area contributed by atoms with Crippen molar-refractivity contribution in [3.8, 4) is 0 Å². The van der Waals surface area contributed by atoms with E-state index in [1.54, 1.807) is 13.8 Å². The number of benzene rings is 2. The highest BCUT2D eigenvalue weighted by atomic mass is 32.2. The van der Waals surface area contributed by atoms with Crippen LogP contribution in [0.4, 0.5) is 18.9 Å². The van der Waals surface area contributed by atoms with Crippen LogP contribution in [0.3, 0.4) is 0 Å². The maximum atomic E-state index is 14.1. The van der Waals surface area contributed by atoms with Crippen molar-refractivity contribution in [2.24, 2.45) is 0 Å². The van der Waals surface area contributed by atoms with Gasteiger partial charge in [-0.05, 0) is 44.2 Å². The van der Waals surface area contributed by atoms with Crippen molar-refractivity contribution in [1.29, 1.82) is 0 Å². The summed E-state index contributed by atoms with van der Waals surface area (Å²) in [5, 5.41) is 2.34. The first-order valence-electron chi connectivity index (χ1n) is 7.77. The molecule has 0 bridgehead atoms. The van der Waals surface area contributed by atoms with Crippen molar-refractivity contribution < 1.29 is 26.4 Å². The van der Waals surface area contributed by atoms with Gasteiger partial charge >= 0.3 is 0 Å². The molecule has 10 heteroatoms.